The zero-order valence-electron chi connectivity index (χ0n) is 24.6. The van der Waals surface area contributed by atoms with E-state index >= 15 is 0 Å². The SMILES string of the molecule is CCCCCCCCCCCCCCCC(=O)OCOC(=O)NC(CCC)C1CCC2(C)CCCC1C2. The van der Waals surface area contributed by atoms with Gasteiger partial charge in [-0.05, 0) is 55.8 Å². The molecule has 216 valence electrons. The fourth-order valence-electron chi connectivity index (χ4n) is 6.91. The molecule has 1 amide bonds. The zero-order valence-corrected chi connectivity index (χ0v) is 24.6. The molecule has 2 rings (SSSR count). The van der Waals surface area contributed by atoms with Gasteiger partial charge in [0.2, 0.25) is 6.79 Å². The maximum atomic E-state index is 12.4. The molecule has 1 N–H and O–H groups in total. The highest BCUT2D eigenvalue weighted by molar-refractivity contribution is 5.70. The van der Waals surface area contributed by atoms with Crippen LogP contribution in [-0.4, -0.2) is 24.9 Å². The third-order valence-electron chi connectivity index (χ3n) is 9.11. The summed E-state index contributed by atoms with van der Waals surface area (Å²) in [4.78, 5) is 24.5. The number of ether oxygens (including phenoxy) is 2. The predicted molar refractivity (Wildman–Crippen MR) is 152 cm³/mol. The molecule has 2 saturated carbocycles. The maximum Gasteiger partial charge on any atom is 0.410 e. The molecule has 0 spiro atoms. The molecular weight excluding hydrogens is 462 g/mol. The number of carbonyl (C=O) groups excluding carboxylic acids is 2. The predicted octanol–water partition coefficient (Wildman–Crippen LogP) is 9.47. The van der Waals surface area contributed by atoms with Crippen molar-refractivity contribution in [3.63, 3.8) is 0 Å². The minimum absolute atomic E-state index is 0.159. The van der Waals surface area contributed by atoms with Crippen LogP contribution < -0.4 is 5.32 Å². The van der Waals surface area contributed by atoms with Crippen LogP contribution in [0.2, 0.25) is 0 Å². The van der Waals surface area contributed by atoms with Crippen LogP contribution in [0, 0.1) is 17.3 Å². The van der Waals surface area contributed by atoms with Gasteiger partial charge in [0.05, 0.1) is 0 Å². The summed E-state index contributed by atoms with van der Waals surface area (Å²) in [7, 11) is 0. The van der Waals surface area contributed by atoms with Crippen LogP contribution in [0.5, 0.6) is 0 Å². The third-order valence-corrected chi connectivity index (χ3v) is 9.11. The van der Waals surface area contributed by atoms with Crippen LogP contribution in [0.4, 0.5) is 4.79 Å². The minimum Gasteiger partial charge on any atom is -0.428 e. The van der Waals surface area contributed by atoms with E-state index in [0.717, 1.165) is 25.7 Å². The smallest absolute Gasteiger partial charge is 0.410 e. The number of rotatable bonds is 20. The Hall–Kier alpha value is -1.26. The van der Waals surface area contributed by atoms with E-state index in [1.54, 1.807) is 0 Å². The van der Waals surface area contributed by atoms with Crippen LogP contribution in [0.1, 0.15) is 162 Å². The van der Waals surface area contributed by atoms with Crippen molar-refractivity contribution in [1.82, 2.24) is 5.32 Å². The fourth-order valence-corrected chi connectivity index (χ4v) is 6.91. The van der Waals surface area contributed by atoms with Crippen molar-refractivity contribution in [2.24, 2.45) is 17.3 Å². The first-order valence-electron chi connectivity index (χ1n) is 16.1. The molecule has 2 aliphatic carbocycles. The number of nitrogens with one attached hydrogen (secondary N) is 1. The normalized spacial score (nSPS) is 23.9. The van der Waals surface area contributed by atoms with Crippen LogP contribution in [0.3, 0.4) is 0 Å². The number of fused-ring (bicyclic) bond motifs is 2. The Morgan fingerprint density at radius 3 is 2.05 bits per heavy atom. The van der Waals surface area contributed by atoms with Crippen molar-refractivity contribution in [2.75, 3.05) is 6.79 Å². The average molecular weight is 522 g/mol. The number of alkyl carbamates (subject to hydrolysis) is 1. The largest absolute Gasteiger partial charge is 0.428 e. The molecule has 4 unspecified atom stereocenters. The molecule has 4 atom stereocenters. The highest BCUT2D eigenvalue weighted by atomic mass is 16.7. The quantitative estimate of drug-likeness (QED) is 0.0984. The van der Waals surface area contributed by atoms with Crippen LogP contribution >= 0.6 is 0 Å². The van der Waals surface area contributed by atoms with E-state index in [1.807, 2.05) is 0 Å². The van der Waals surface area contributed by atoms with Crippen LogP contribution in [0.15, 0.2) is 0 Å². The van der Waals surface area contributed by atoms with Gasteiger partial charge in [-0.3, -0.25) is 4.79 Å². The van der Waals surface area contributed by atoms with E-state index in [1.165, 1.54) is 109 Å². The van der Waals surface area contributed by atoms with Crippen molar-refractivity contribution in [2.45, 2.75) is 168 Å². The van der Waals surface area contributed by atoms with Gasteiger partial charge in [-0.25, -0.2) is 4.79 Å². The van der Waals surface area contributed by atoms with Gasteiger partial charge in [-0.1, -0.05) is 117 Å². The van der Waals surface area contributed by atoms with Crippen molar-refractivity contribution >= 4 is 12.1 Å². The summed E-state index contributed by atoms with van der Waals surface area (Å²) < 4.78 is 10.4. The number of unbranched alkanes of at least 4 members (excludes halogenated alkanes) is 12. The van der Waals surface area contributed by atoms with Gasteiger partial charge in [0.25, 0.3) is 0 Å². The number of esters is 1. The van der Waals surface area contributed by atoms with Crippen molar-refractivity contribution < 1.29 is 19.1 Å². The van der Waals surface area contributed by atoms with Crippen molar-refractivity contribution in [3.8, 4) is 0 Å². The fraction of sp³-hybridized carbons (Fsp3) is 0.938. The van der Waals surface area contributed by atoms with Gasteiger partial charge in [-0.2, -0.15) is 0 Å². The Labute approximate surface area is 228 Å². The molecule has 2 bridgehead atoms. The summed E-state index contributed by atoms with van der Waals surface area (Å²) in [5.74, 6) is 0.983. The second-order valence-electron chi connectivity index (χ2n) is 12.5. The molecule has 2 aliphatic rings. The molecule has 2 fully saturated rings. The molecule has 0 aromatic rings. The molecule has 5 nitrogen and oxygen atoms in total. The summed E-state index contributed by atoms with van der Waals surface area (Å²) in [5.41, 5.74) is 0.512. The van der Waals surface area contributed by atoms with Gasteiger partial charge >= 0.3 is 12.1 Å². The second kappa shape index (κ2) is 18.9. The Morgan fingerprint density at radius 1 is 0.811 bits per heavy atom. The maximum absolute atomic E-state index is 12.4. The van der Waals surface area contributed by atoms with E-state index in [4.69, 9.17) is 9.47 Å². The summed E-state index contributed by atoms with van der Waals surface area (Å²) in [6, 6.07) is 0.159. The van der Waals surface area contributed by atoms with Gasteiger partial charge < -0.3 is 14.8 Å². The van der Waals surface area contributed by atoms with Crippen LogP contribution in [-0.2, 0) is 14.3 Å². The Morgan fingerprint density at radius 2 is 1.43 bits per heavy atom. The number of hydrogen-bond acceptors (Lipinski definition) is 4. The van der Waals surface area contributed by atoms with E-state index in [2.05, 4.69) is 26.1 Å². The van der Waals surface area contributed by atoms with Gasteiger partial charge in [0.1, 0.15) is 0 Å². The van der Waals surface area contributed by atoms with Gasteiger partial charge in [-0.15, -0.1) is 0 Å². The second-order valence-corrected chi connectivity index (χ2v) is 12.5. The first-order valence-corrected chi connectivity index (χ1v) is 16.1. The first kappa shape index (κ1) is 32.0. The van der Waals surface area contributed by atoms with Crippen molar-refractivity contribution in [1.29, 1.82) is 0 Å². The van der Waals surface area contributed by atoms with Crippen molar-refractivity contribution in [3.05, 3.63) is 0 Å². The lowest BCUT2D eigenvalue weighted by Gasteiger charge is -2.49. The van der Waals surface area contributed by atoms with Gasteiger partial charge in [0.15, 0.2) is 0 Å². The number of carbonyl (C=O) groups is 2. The van der Waals surface area contributed by atoms with Crippen LogP contribution in [0.25, 0.3) is 0 Å². The molecule has 0 aromatic heterocycles. The zero-order chi connectivity index (χ0) is 26.8. The lowest BCUT2D eigenvalue weighted by molar-refractivity contribution is -0.152. The highest BCUT2D eigenvalue weighted by Gasteiger charge is 2.43. The summed E-state index contributed by atoms with van der Waals surface area (Å²) in [5, 5.41) is 3.12. The highest BCUT2D eigenvalue weighted by Crippen LogP contribution is 2.52. The lowest BCUT2D eigenvalue weighted by atomic mass is 9.58. The summed E-state index contributed by atoms with van der Waals surface area (Å²) in [6.07, 6.45) is 26.4. The van der Waals surface area contributed by atoms with E-state index in [-0.39, 0.29) is 18.8 Å². The standard InChI is InChI=1S/C32H59NO4/c1-4-6-7-8-9-10-11-12-13-14-15-16-17-21-30(34)36-26-37-31(35)33-29(19-5-2)28-22-24-32(3)23-18-20-27(28)25-32/h27-29H,4-26H2,1-3H3,(H,33,35). The third kappa shape index (κ3) is 13.4. The molecular formula is C32H59NO4. The van der Waals surface area contributed by atoms with E-state index in [0.29, 0.717) is 23.7 Å². The first-order chi connectivity index (χ1) is 18.0. The van der Waals surface area contributed by atoms with E-state index < -0.39 is 6.09 Å². The minimum atomic E-state index is -0.448. The summed E-state index contributed by atoms with van der Waals surface area (Å²) >= 11 is 0. The molecule has 0 radical (unpaired) electrons. The molecule has 5 heteroatoms. The van der Waals surface area contributed by atoms with Gasteiger partial charge in [0, 0.05) is 12.5 Å². The Bertz CT molecular complexity index is 624. The van der Waals surface area contributed by atoms with E-state index in [9.17, 15) is 9.59 Å². The molecule has 0 saturated heterocycles. The topological polar surface area (TPSA) is 64.6 Å². The number of amides is 1. The molecule has 0 aliphatic heterocycles. The average Bonchev–Trinajstić information content (AvgIpc) is 2.86. The molecule has 37 heavy (non-hydrogen) atoms. The lowest BCUT2D eigenvalue weighted by Crippen LogP contribution is -2.48. The Kier molecular flexibility index (Phi) is 16.3. The molecule has 0 aromatic carbocycles. The number of hydrogen-bond donors (Lipinski definition) is 1. The molecule has 0 heterocycles. The monoisotopic (exact) mass is 521 g/mol. The Balaban J connectivity index is 1.47. The summed E-state index contributed by atoms with van der Waals surface area (Å²) in [6.45, 7) is 6.60.